The van der Waals surface area contributed by atoms with Gasteiger partial charge in [0.2, 0.25) is 0 Å². The molecule has 1 atom stereocenters. The van der Waals surface area contributed by atoms with E-state index in [0.29, 0.717) is 5.92 Å². The number of hydrogen-bond acceptors (Lipinski definition) is 1. The quantitative estimate of drug-likeness (QED) is 0.678. The van der Waals surface area contributed by atoms with Crippen molar-refractivity contribution in [2.75, 3.05) is 6.61 Å². The van der Waals surface area contributed by atoms with Gasteiger partial charge < -0.3 is 4.74 Å². The molecule has 0 bridgehead atoms. The highest BCUT2D eigenvalue weighted by atomic mass is 16.5. The third-order valence-electron chi connectivity index (χ3n) is 2.80. The summed E-state index contributed by atoms with van der Waals surface area (Å²) in [7, 11) is 0. The third-order valence-corrected chi connectivity index (χ3v) is 2.80. The van der Waals surface area contributed by atoms with E-state index >= 15 is 0 Å². The second kappa shape index (κ2) is 5.72. The molecule has 0 heterocycles. The van der Waals surface area contributed by atoms with Crippen LogP contribution in [0.15, 0.2) is 42.5 Å². The third kappa shape index (κ3) is 3.52. The Morgan fingerprint density at radius 2 is 2.07 bits per heavy atom. The van der Waals surface area contributed by atoms with E-state index in [-0.39, 0.29) is 0 Å². The minimum Gasteiger partial charge on any atom is -0.376 e. The summed E-state index contributed by atoms with van der Waals surface area (Å²) in [5.41, 5.74) is 1.26. The van der Waals surface area contributed by atoms with E-state index in [1.165, 1.54) is 24.8 Å². The van der Waals surface area contributed by atoms with Crippen molar-refractivity contribution >= 4 is 0 Å². The van der Waals surface area contributed by atoms with Gasteiger partial charge in [-0.25, -0.2) is 0 Å². The molecule has 15 heavy (non-hydrogen) atoms. The second-order valence-corrected chi connectivity index (χ2v) is 4.12. The minimum absolute atomic E-state index is 0.641. The summed E-state index contributed by atoms with van der Waals surface area (Å²) in [4.78, 5) is 0. The maximum atomic E-state index is 5.71. The van der Waals surface area contributed by atoms with Crippen LogP contribution in [0.2, 0.25) is 0 Å². The molecule has 1 nitrogen and oxygen atoms in total. The number of ether oxygens (including phenoxy) is 1. The molecule has 1 heteroatoms. The average Bonchev–Trinajstić information content (AvgIpc) is 2.32. The maximum absolute atomic E-state index is 5.71. The van der Waals surface area contributed by atoms with Gasteiger partial charge in [0.05, 0.1) is 13.2 Å². The first kappa shape index (κ1) is 10.4. The van der Waals surface area contributed by atoms with E-state index in [9.17, 15) is 0 Å². The van der Waals surface area contributed by atoms with Crippen LogP contribution in [0, 0.1) is 5.92 Å². The summed E-state index contributed by atoms with van der Waals surface area (Å²) >= 11 is 0. The highest BCUT2D eigenvalue weighted by molar-refractivity contribution is 5.13. The zero-order valence-electron chi connectivity index (χ0n) is 9.06. The predicted octanol–water partition coefficient (Wildman–Crippen LogP) is 3.56. The van der Waals surface area contributed by atoms with E-state index in [1.807, 2.05) is 6.07 Å². The van der Waals surface area contributed by atoms with Gasteiger partial charge in [0.15, 0.2) is 0 Å². The Bertz CT molecular complexity index is 302. The van der Waals surface area contributed by atoms with Crippen molar-refractivity contribution in [2.45, 2.75) is 25.9 Å². The molecular formula is C14H18O. The van der Waals surface area contributed by atoms with E-state index in [4.69, 9.17) is 4.74 Å². The van der Waals surface area contributed by atoms with Crippen LogP contribution >= 0.6 is 0 Å². The lowest BCUT2D eigenvalue weighted by Gasteiger charge is -2.16. The Morgan fingerprint density at radius 3 is 2.80 bits per heavy atom. The van der Waals surface area contributed by atoms with Gasteiger partial charge in [0, 0.05) is 5.92 Å². The van der Waals surface area contributed by atoms with Gasteiger partial charge in [0.25, 0.3) is 0 Å². The van der Waals surface area contributed by atoms with Crippen LogP contribution in [0.3, 0.4) is 0 Å². The molecule has 0 radical (unpaired) electrons. The molecule has 0 fully saturated rings. The van der Waals surface area contributed by atoms with Crippen LogP contribution in [-0.2, 0) is 11.3 Å². The number of allylic oxidation sites excluding steroid dienone is 1. The van der Waals surface area contributed by atoms with Gasteiger partial charge in [-0.3, -0.25) is 0 Å². The number of benzene rings is 1. The lowest BCUT2D eigenvalue weighted by Crippen LogP contribution is -2.09. The second-order valence-electron chi connectivity index (χ2n) is 4.12. The smallest absolute Gasteiger partial charge is 0.0717 e. The summed E-state index contributed by atoms with van der Waals surface area (Å²) < 4.78 is 5.71. The SMILES string of the molecule is C1=CC(COCc2ccccc2)CCC1. The lowest BCUT2D eigenvalue weighted by molar-refractivity contribution is 0.0956. The first-order chi connectivity index (χ1) is 7.45. The Labute approximate surface area is 91.8 Å². The molecular weight excluding hydrogens is 184 g/mol. The van der Waals surface area contributed by atoms with Crippen LogP contribution in [0.4, 0.5) is 0 Å². The van der Waals surface area contributed by atoms with Crippen LogP contribution in [0.25, 0.3) is 0 Å². The molecule has 0 N–H and O–H groups in total. The minimum atomic E-state index is 0.641. The summed E-state index contributed by atoms with van der Waals surface area (Å²) in [5.74, 6) is 0.641. The highest BCUT2D eigenvalue weighted by Gasteiger charge is 2.07. The van der Waals surface area contributed by atoms with Crippen LogP contribution < -0.4 is 0 Å². The monoisotopic (exact) mass is 202 g/mol. The molecule has 0 aliphatic heterocycles. The van der Waals surface area contributed by atoms with Crippen LogP contribution in [-0.4, -0.2) is 6.61 Å². The summed E-state index contributed by atoms with van der Waals surface area (Å²) in [5, 5.41) is 0. The van der Waals surface area contributed by atoms with Crippen molar-refractivity contribution < 1.29 is 4.74 Å². The van der Waals surface area contributed by atoms with E-state index in [2.05, 4.69) is 36.4 Å². The fourth-order valence-corrected chi connectivity index (χ4v) is 1.92. The first-order valence-corrected chi connectivity index (χ1v) is 5.73. The molecule has 1 aliphatic carbocycles. The van der Waals surface area contributed by atoms with Crippen LogP contribution in [0.1, 0.15) is 24.8 Å². The highest BCUT2D eigenvalue weighted by Crippen LogP contribution is 2.17. The largest absolute Gasteiger partial charge is 0.376 e. The average molecular weight is 202 g/mol. The predicted molar refractivity (Wildman–Crippen MR) is 62.6 cm³/mol. The van der Waals surface area contributed by atoms with Crippen molar-refractivity contribution in [1.29, 1.82) is 0 Å². The molecule has 0 aromatic heterocycles. The molecule has 1 aliphatic rings. The summed E-state index contributed by atoms with van der Waals surface area (Å²) in [6.07, 6.45) is 8.42. The first-order valence-electron chi connectivity index (χ1n) is 5.73. The van der Waals surface area contributed by atoms with Crippen LogP contribution in [0.5, 0.6) is 0 Å². The van der Waals surface area contributed by atoms with Gasteiger partial charge in [-0.15, -0.1) is 0 Å². The van der Waals surface area contributed by atoms with Gasteiger partial charge in [0.1, 0.15) is 0 Å². The fraction of sp³-hybridized carbons (Fsp3) is 0.429. The van der Waals surface area contributed by atoms with Gasteiger partial charge in [-0.1, -0.05) is 42.5 Å². The number of rotatable bonds is 4. The molecule has 1 aromatic carbocycles. The molecule has 0 spiro atoms. The normalized spacial score (nSPS) is 20.4. The molecule has 0 saturated carbocycles. The van der Waals surface area contributed by atoms with E-state index < -0.39 is 0 Å². The standard InChI is InChI=1S/C14H18O/c1-3-7-13(8-4-1)11-15-12-14-9-5-2-6-10-14/h1,3-5,7-9,14H,2,6,10-12H2. The zero-order valence-corrected chi connectivity index (χ0v) is 9.06. The van der Waals surface area contributed by atoms with Crippen molar-refractivity contribution in [3.63, 3.8) is 0 Å². The fourth-order valence-electron chi connectivity index (χ4n) is 1.92. The van der Waals surface area contributed by atoms with Gasteiger partial charge in [-0.05, 0) is 24.8 Å². The molecule has 80 valence electrons. The Morgan fingerprint density at radius 1 is 1.20 bits per heavy atom. The van der Waals surface area contributed by atoms with Crippen molar-refractivity contribution in [3.05, 3.63) is 48.0 Å². The molecule has 2 rings (SSSR count). The van der Waals surface area contributed by atoms with E-state index in [0.717, 1.165) is 13.2 Å². The summed E-state index contributed by atoms with van der Waals surface area (Å²) in [6.45, 7) is 1.61. The van der Waals surface area contributed by atoms with Crippen molar-refractivity contribution in [1.82, 2.24) is 0 Å². The topological polar surface area (TPSA) is 9.23 Å². The van der Waals surface area contributed by atoms with Crippen molar-refractivity contribution in [2.24, 2.45) is 5.92 Å². The maximum Gasteiger partial charge on any atom is 0.0717 e. The molecule has 1 aromatic rings. The van der Waals surface area contributed by atoms with Gasteiger partial charge >= 0.3 is 0 Å². The molecule has 1 unspecified atom stereocenters. The van der Waals surface area contributed by atoms with Gasteiger partial charge in [-0.2, -0.15) is 0 Å². The van der Waals surface area contributed by atoms with E-state index in [1.54, 1.807) is 0 Å². The lowest BCUT2D eigenvalue weighted by atomic mass is 9.97. The van der Waals surface area contributed by atoms with Crippen molar-refractivity contribution in [3.8, 4) is 0 Å². The molecule has 0 amide bonds. The Hall–Kier alpha value is -1.08. The zero-order chi connectivity index (χ0) is 10.3. The summed E-state index contributed by atoms with van der Waals surface area (Å²) in [6, 6.07) is 10.4. The Kier molecular flexibility index (Phi) is 3.98. The molecule has 0 saturated heterocycles. The number of hydrogen-bond donors (Lipinski definition) is 0. The Balaban J connectivity index is 1.70.